The highest BCUT2D eigenvalue weighted by molar-refractivity contribution is 5.11. The van der Waals surface area contributed by atoms with E-state index in [-0.39, 0.29) is 0 Å². The number of nitrogens with one attached hydrogen (secondary N) is 1. The molecule has 1 unspecified atom stereocenters. The van der Waals surface area contributed by atoms with Crippen molar-refractivity contribution in [3.63, 3.8) is 0 Å². The molecule has 0 bridgehead atoms. The summed E-state index contributed by atoms with van der Waals surface area (Å²) in [5, 5.41) is 3.77. The van der Waals surface area contributed by atoms with Crippen molar-refractivity contribution < 1.29 is 0 Å². The van der Waals surface area contributed by atoms with Gasteiger partial charge in [-0.05, 0) is 51.0 Å². The zero-order valence-corrected chi connectivity index (χ0v) is 13.6. The molecule has 1 atom stereocenters. The monoisotopic (exact) mass is 277 g/mol. The standard InChI is InChI=1S/C19H35N/c1-2-20-19(16-15-17-11-7-6-8-12-17)18-13-9-4-3-5-10-14-18/h13,17,19-20H,2-12,14-16H2,1H3. The van der Waals surface area contributed by atoms with Gasteiger partial charge >= 0.3 is 0 Å². The van der Waals surface area contributed by atoms with Gasteiger partial charge in [0.1, 0.15) is 0 Å². The molecule has 116 valence electrons. The summed E-state index contributed by atoms with van der Waals surface area (Å²) < 4.78 is 0. The van der Waals surface area contributed by atoms with Crippen LogP contribution in [-0.4, -0.2) is 12.6 Å². The maximum atomic E-state index is 3.77. The molecule has 1 N–H and O–H groups in total. The van der Waals surface area contributed by atoms with Gasteiger partial charge in [0.15, 0.2) is 0 Å². The SMILES string of the molecule is CCNC(CCC1CCCCC1)C1=CCCCCCC1. The molecule has 0 saturated heterocycles. The average Bonchev–Trinajstić information content (AvgIpc) is 2.45. The third kappa shape index (κ3) is 5.60. The second kappa shape index (κ2) is 9.60. The maximum Gasteiger partial charge on any atom is 0.0279 e. The largest absolute Gasteiger partial charge is 0.311 e. The van der Waals surface area contributed by atoms with Gasteiger partial charge in [-0.15, -0.1) is 0 Å². The van der Waals surface area contributed by atoms with Crippen LogP contribution in [0.2, 0.25) is 0 Å². The third-order valence-electron chi connectivity index (χ3n) is 5.31. The van der Waals surface area contributed by atoms with E-state index in [1.165, 1.54) is 83.5 Å². The average molecular weight is 277 g/mol. The van der Waals surface area contributed by atoms with Gasteiger partial charge in [-0.1, -0.05) is 63.5 Å². The fourth-order valence-electron chi connectivity index (χ4n) is 4.08. The summed E-state index contributed by atoms with van der Waals surface area (Å²) in [6.45, 7) is 3.38. The minimum Gasteiger partial charge on any atom is -0.311 e. The van der Waals surface area contributed by atoms with Crippen LogP contribution < -0.4 is 5.32 Å². The molecule has 2 aliphatic carbocycles. The maximum absolute atomic E-state index is 3.77. The Morgan fingerprint density at radius 3 is 2.60 bits per heavy atom. The van der Waals surface area contributed by atoms with Crippen LogP contribution in [0.3, 0.4) is 0 Å². The zero-order chi connectivity index (χ0) is 14.0. The summed E-state index contributed by atoms with van der Waals surface area (Å²) in [4.78, 5) is 0. The van der Waals surface area contributed by atoms with Gasteiger partial charge in [-0.25, -0.2) is 0 Å². The van der Waals surface area contributed by atoms with E-state index in [4.69, 9.17) is 0 Å². The Labute approximate surface area is 126 Å². The van der Waals surface area contributed by atoms with Crippen molar-refractivity contribution in [2.75, 3.05) is 6.54 Å². The quantitative estimate of drug-likeness (QED) is 0.623. The van der Waals surface area contributed by atoms with Crippen LogP contribution in [0.1, 0.15) is 90.4 Å². The molecule has 0 heterocycles. The first kappa shape index (κ1) is 16.1. The van der Waals surface area contributed by atoms with Crippen molar-refractivity contribution in [2.24, 2.45) is 5.92 Å². The summed E-state index contributed by atoms with van der Waals surface area (Å²) in [5.41, 5.74) is 1.74. The Kier molecular flexibility index (Phi) is 7.72. The predicted octanol–water partition coefficient (Wildman–Crippen LogP) is 5.61. The summed E-state index contributed by atoms with van der Waals surface area (Å²) in [7, 11) is 0. The van der Waals surface area contributed by atoms with Crippen molar-refractivity contribution in [3.8, 4) is 0 Å². The molecule has 2 aliphatic rings. The first-order valence-corrected chi connectivity index (χ1v) is 9.32. The highest BCUT2D eigenvalue weighted by Gasteiger charge is 2.18. The molecule has 0 aromatic carbocycles. The van der Waals surface area contributed by atoms with Crippen molar-refractivity contribution in [1.82, 2.24) is 5.32 Å². The molecule has 1 fully saturated rings. The highest BCUT2D eigenvalue weighted by atomic mass is 14.9. The van der Waals surface area contributed by atoms with Crippen LogP contribution in [0, 0.1) is 5.92 Å². The second-order valence-corrected chi connectivity index (χ2v) is 6.92. The number of hydrogen-bond donors (Lipinski definition) is 1. The Hall–Kier alpha value is -0.300. The first-order valence-electron chi connectivity index (χ1n) is 9.32. The van der Waals surface area contributed by atoms with E-state index in [1.54, 1.807) is 5.57 Å². The number of rotatable bonds is 6. The molecular formula is C19H35N. The number of hydrogen-bond acceptors (Lipinski definition) is 1. The van der Waals surface area contributed by atoms with Gasteiger partial charge in [0.2, 0.25) is 0 Å². The van der Waals surface area contributed by atoms with Crippen LogP contribution >= 0.6 is 0 Å². The minimum atomic E-state index is 0.681. The van der Waals surface area contributed by atoms with Crippen molar-refractivity contribution in [2.45, 2.75) is 96.4 Å². The van der Waals surface area contributed by atoms with E-state index in [0.29, 0.717) is 6.04 Å². The molecule has 0 radical (unpaired) electrons. The topological polar surface area (TPSA) is 12.0 Å². The van der Waals surface area contributed by atoms with Crippen molar-refractivity contribution in [1.29, 1.82) is 0 Å². The molecule has 0 amide bonds. The highest BCUT2D eigenvalue weighted by Crippen LogP contribution is 2.29. The van der Waals surface area contributed by atoms with Gasteiger partial charge in [-0.3, -0.25) is 0 Å². The summed E-state index contributed by atoms with van der Waals surface area (Å²) in [5.74, 6) is 1.03. The zero-order valence-electron chi connectivity index (χ0n) is 13.6. The van der Waals surface area contributed by atoms with E-state index >= 15 is 0 Å². The molecule has 0 aliphatic heterocycles. The molecule has 0 aromatic rings. The van der Waals surface area contributed by atoms with Gasteiger partial charge in [0.25, 0.3) is 0 Å². The van der Waals surface area contributed by atoms with E-state index in [0.717, 1.165) is 12.5 Å². The van der Waals surface area contributed by atoms with Crippen LogP contribution in [0.25, 0.3) is 0 Å². The van der Waals surface area contributed by atoms with Crippen LogP contribution in [0.4, 0.5) is 0 Å². The first-order chi connectivity index (χ1) is 9.90. The molecule has 1 saturated carbocycles. The van der Waals surface area contributed by atoms with Gasteiger partial charge in [-0.2, -0.15) is 0 Å². The molecular weight excluding hydrogens is 242 g/mol. The molecule has 20 heavy (non-hydrogen) atoms. The molecule has 0 spiro atoms. The summed E-state index contributed by atoms with van der Waals surface area (Å²) >= 11 is 0. The normalized spacial score (nSPS) is 23.8. The fourth-order valence-corrected chi connectivity index (χ4v) is 4.08. The lowest BCUT2D eigenvalue weighted by molar-refractivity contribution is 0.319. The lowest BCUT2D eigenvalue weighted by Gasteiger charge is -2.27. The van der Waals surface area contributed by atoms with Crippen LogP contribution in [0.5, 0.6) is 0 Å². The summed E-state index contributed by atoms with van der Waals surface area (Å²) in [6, 6.07) is 0.681. The minimum absolute atomic E-state index is 0.681. The molecule has 1 nitrogen and oxygen atoms in total. The van der Waals surface area contributed by atoms with Gasteiger partial charge < -0.3 is 5.32 Å². The van der Waals surface area contributed by atoms with Crippen LogP contribution in [-0.2, 0) is 0 Å². The third-order valence-corrected chi connectivity index (χ3v) is 5.31. The smallest absolute Gasteiger partial charge is 0.0279 e. The van der Waals surface area contributed by atoms with Gasteiger partial charge in [0.05, 0.1) is 0 Å². The molecule has 0 aromatic heterocycles. The van der Waals surface area contributed by atoms with E-state index in [9.17, 15) is 0 Å². The number of likely N-dealkylation sites (N-methyl/N-ethyl adjacent to an activating group) is 1. The van der Waals surface area contributed by atoms with E-state index in [1.807, 2.05) is 0 Å². The fraction of sp³-hybridized carbons (Fsp3) is 0.895. The Morgan fingerprint density at radius 2 is 1.80 bits per heavy atom. The van der Waals surface area contributed by atoms with Crippen LogP contribution in [0.15, 0.2) is 11.6 Å². The predicted molar refractivity (Wildman–Crippen MR) is 89.1 cm³/mol. The van der Waals surface area contributed by atoms with E-state index < -0.39 is 0 Å². The Bertz CT molecular complexity index is 275. The van der Waals surface area contributed by atoms with E-state index in [2.05, 4.69) is 18.3 Å². The number of allylic oxidation sites excluding steroid dienone is 1. The lowest BCUT2D eigenvalue weighted by atomic mass is 9.83. The second-order valence-electron chi connectivity index (χ2n) is 6.92. The Morgan fingerprint density at radius 1 is 1.05 bits per heavy atom. The molecule has 2 rings (SSSR count). The van der Waals surface area contributed by atoms with Gasteiger partial charge in [0, 0.05) is 6.04 Å². The molecule has 1 heteroatoms. The Balaban J connectivity index is 1.84. The van der Waals surface area contributed by atoms with Crippen molar-refractivity contribution in [3.05, 3.63) is 11.6 Å². The van der Waals surface area contributed by atoms with Crippen molar-refractivity contribution >= 4 is 0 Å². The lowest BCUT2D eigenvalue weighted by Crippen LogP contribution is -2.31. The summed E-state index contributed by atoms with van der Waals surface area (Å²) in [6.07, 6.45) is 21.2.